The van der Waals surface area contributed by atoms with E-state index in [2.05, 4.69) is 211 Å². The number of rotatable bonds is 6. The number of imidazole rings is 1. The molecule has 0 saturated heterocycles. The smallest absolute Gasteiger partial charge is 0.146 e. The lowest BCUT2D eigenvalue weighted by Crippen LogP contribution is -1.99. The molecule has 9 aromatic carbocycles. The largest absolute Gasteiger partial charge is 0.292 e. The molecule has 2 heteroatoms. The molecular formula is C51H34N2. The molecule has 0 aliphatic heterocycles. The fraction of sp³-hybridized carbons (Fsp3) is 0. The number of hydrogen-bond donors (Lipinski definition) is 0. The van der Waals surface area contributed by atoms with Gasteiger partial charge in [-0.25, -0.2) is 4.98 Å². The molecule has 0 amide bonds. The Balaban J connectivity index is 1.28. The molecule has 1 heterocycles. The molecule has 0 N–H and O–H groups in total. The summed E-state index contributed by atoms with van der Waals surface area (Å²) < 4.78 is 2.30. The van der Waals surface area contributed by atoms with Gasteiger partial charge < -0.3 is 0 Å². The van der Waals surface area contributed by atoms with Crippen molar-refractivity contribution in [2.75, 3.05) is 0 Å². The first kappa shape index (κ1) is 30.8. The van der Waals surface area contributed by atoms with E-state index in [4.69, 9.17) is 4.98 Å². The summed E-state index contributed by atoms with van der Waals surface area (Å²) in [6.07, 6.45) is 0. The Morgan fingerprint density at radius 1 is 0.321 bits per heavy atom. The minimum atomic E-state index is 0.924. The second-order valence-corrected chi connectivity index (χ2v) is 13.5. The average molecular weight is 675 g/mol. The quantitative estimate of drug-likeness (QED) is 0.161. The molecule has 1 aromatic heterocycles. The van der Waals surface area contributed by atoms with Crippen LogP contribution in [-0.4, -0.2) is 9.55 Å². The number of aromatic nitrogens is 2. The highest BCUT2D eigenvalue weighted by molar-refractivity contribution is 6.22. The molecule has 53 heavy (non-hydrogen) atoms. The summed E-state index contributed by atoms with van der Waals surface area (Å²) in [5, 5.41) is 4.86. The first-order chi connectivity index (χ1) is 26.3. The van der Waals surface area contributed by atoms with Crippen LogP contribution in [0, 0.1) is 0 Å². The molecule has 0 atom stereocenters. The zero-order valence-electron chi connectivity index (χ0n) is 29.0. The van der Waals surface area contributed by atoms with Gasteiger partial charge >= 0.3 is 0 Å². The minimum absolute atomic E-state index is 0.924. The minimum Gasteiger partial charge on any atom is -0.292 e. The molecule has 0 spiro atoms. The molecule has 0 radical (unpaired) electrons. The summed E-state index contributed by atoms with van der Waals surface area (Å²) in [6, 6.07) is 74.1. The molecule has 248 valence electrons. The Morgan fingerprint density at radius 2 is 0.755 bits per heavy atom. The molecular weight excluding hydrogens is 641 g/mol. The van der Waals surface area contributed by atoms with Crippen LogP contribution in [0.25, 0.3) is 94.2 Å². The van der Waals surface area contributed by atoms with Gasteiger partial charge in [0.1, 0.15) is 5.82 Å². The van der Waals surface area contributed by atoms with Crippen LogP contribution in [0.1, 0.15) is 0 Å². The third kappa shape index (κ3) is 5.32. The highest BCUT2D eigenvalue weighted by atomic mass is 15.1. The van der Waals surface area contributed by atoms with Crippen LogP contribution in [-0.2, 0) is 0 Å². The number of para-hydroxylation sites is 3. The summed E-state index contributed by atoms with van der Waals surface area (Å²) in [7, 11) is 0. The van der Waals surface area contributed by atoms with E-state index < -0.39 is 0 Å². The summed E-state index contributed by atoms with van der Waals surface area (Å²) in [5.74, 6) is 0.924. The van der Waals surface area contributed by atoms with Crippen molar-refractivity contribution in [1.82, 2.24) is 9.55 Å². The first-order valence-electron chi connectivity index (χ1n) is 18.1. The molecule has 0 fully saturated rings. The molecule has 2 nitrogen and oxygen atoms in total. The maximum Gasteiger partial charge on any atom is 0.146 e. The molecule has 0 aliphatic rings. The van der Waals surface area contributed by atoms with E-state index >= 15 is 0 Å². The molecule has 0 bridgehead atoms. The number of benzene rings is 9. The first-order valence-corrected chi connectivity index (χ1v) is 18.1. The monoisotopic (exact) mass is 674 g/mol. The van der Waals surface area contributed by atoms with E-state index in [-0.39, 0.29) is 0 Å². The van der Waals surface area contributed by atoms with Crippen molar-refractivity contribution in [1.29, 1.82) is 0 Å². The van der Waals surface area contributed by atoms with Gasteiger partial charge in [-0.1, -0.05) is 164 Å². The normalized spacial score (nSPS) is 11.4. The van der Waals surface area contributed by atoms with Gasteiger partial charge in [0, 0.05) is 11.3 Å². The predicted octanol–water partition coefficient (Wildman–Crippen LogP) is 13.7. The lowest BCUT2D eigenvalue weighted by atomic mass is 9.83. The molecule has 10 aromatic rings. The van der Waals surface area contributed by atoms with Crippen molar-refractivity contribution in [3.05, 3.63) is 206 Å². The topological polar surface area (TPSA) is 17.8 Å². The highest BCUT2D eigenvalue weighted by Gasteiger charge is 2.22. The van der Waals surface area contributed by atoms with E-state index in [1.165, 1.54) is 60.5 Å². The standard InChI is InChI=1S/C51H34N2/c1-4-18-35(19-5-1)37-32-38(36-20-6-2-7-21-36)34-39(33-37)49-41-24-10-12-26-43(41)50(44-27-13-11-25-42(44)49)45-28-14-15-29-46(45)51-52-47-30-16-17-31-48(47)53(51)40-22-8-3-9-23-40/h1-34H. The van der Waals surface area contributed by atoms with Gasteiger partial charge in [0.25, 0.3) is 0 Å². The van der Waals surface area contributed by atoms with E-state index in [1.54, 1.807) is 0 Å². The number of hydrogen-bond acceptors (Lipinski definition) is 1. The van der Waals surface area contributed by atoms with Gasteiger partial charge in [0.2, 0.25) is 0 Å². The summed E-state index contributed by atoms with van der Waals surface area (Å²) in [5.41, 5.74) is 13.8. The Kier molecular flexibility index (Phi) is 7.51. The van der Waals surface area contributed by atoms with Crippen molar-refractivity contribution < 1.29 is 0 Å². The number of fused-ring (bicyclic) bond motifs is 3. The van der Waals surface area contributed by atoms with Crippen molar-refractivity contribution in [3.8, 4) is 61.6 Å². The van der Waals surface area contributed by atoms with Gasteiger partial charge in [0.05, 0.1) is 11.0 Å². The van der Waals surface area contributed by atoms with Crippen molar-refractivity contribution in [2.24, 2.45) is 0 Å². The van der Waals surface area contributed by atoms with Crippen molar-refractivity contribution >= 4 is 32.6 Å². The van der Waals surface area contributed by atoms with Crippen LogP contribution in [0.5, 0.6) is 0 Å². The van der Waals surface area contributed by atoms with Crippen LogP contribution in [0.3, 0.4) is 0 Å². The summed E-state index contributed by atoms with van der Waals surface area (Å²) in [6.45, 7) is 0. The van der Waals surface area contributed by atoms with Gasteiger partial charge in [-0.3, -0.25) is 4.57 Å². The lowest BCUT2D eigenvalue weighted by Gasteiger charge is -2.20. The van der Waals surface area contributed by atoms with E-state index in [0.717, 1.165) is 33.7 Å². The third-order valence-corrected chi connectivity index (χ3v) is 10.4. The maximum absolute atomic E-state index is 5.31. The summed E-state index contributed by atoms with van der Waals surface area (Å²) >= 11 is 0. The maximum atomic E-state index is 5.31. The van der Waals surface area contributed by atoms with Crippen LogP contribution < -0.4 is 0 Å². The van der Waals surface area contributed by atoms with Gasteiger partial charge in [0.15, 0.2) is 0 Å². The number of nitrogens with zero attached hydrogens (tertiary/aromatic N) is 2. The van der Waals surface area contributed by atoms with Gasteiger partial charge in [-0.15, -0.1) is 0 Å². The average Bonchev–Trinajstić information content (AvgIpc) is 3.63. The molecule has 10 rings (SSSR count). The van der Waals surface area contributed by atoms with Crippen molar-refractivity contribution in [2.45, 2.75) is 0 Å². The second kappa shape index (κ2) is 12.9. The molecule has 0 aliphatic carbocycles. The molecule has 0 saturated carbocycles. The third-order valence-electron chi connectivity index (χ3n) is 10.4. The Bertz CT molecular complexity index is 2810. The SMILES string of the molecule is c1ccc(-c2cc(-c3ccccc3)cc(-c3c4ccccc4c(-c4ccccc4-c4nc5ccccc5n4-c4ccccc4)c4ccccc34)c2)cc1. The van der Waals surface area contributed by atoms with E-state index in [0.29, 0.717) is 0 Å². The second-order valence-electron chi connectivity index (χ2n) is 13.5. The Labute approximate surface area is 308 Å². The van der Waals surface area contributed by atoms with Crippen LogP contribution >= 0.6 is 0 Å². The predicted molar refractivity (Wildman–Crippen MR) is 223 cm³/mol. The Morgan fingerprint density at radius 3 is 1.34 bits per heavy atom. The van der Waals surface area contributed by atoms with Gasteiger partial charge in [-0.05, 0) is 109 Å². The van der Waals surface area contributed by atoms with E-state index in [1.807, 2.05) is 0 Å². The lowest BCUT2D eigenvalue weighted by molar-refractivity contribution is 1.10. The fourth-order valence-electron chi connectivity index (χ4n) is 8.04. The fourth-order valence-corrected chi connectivity index (χ4v) is 8.04. The van der Waals surface area contributed by atoms with Crippen molar-refractivity contribution in [3.63, 3.8) is 0 Å². The van der Waals surface area contributed by atoms with E-state index in [9.17, 15) is 0 Å². The zero-order chi connectivity index (χ0) is 35.1. The summed E-state index contributed by atoms with van der Waals surface area (Å²) in [4.78, 5) is 5.31. The van der Waals surface area contributed by atoms with Crippen LogP contribution in [0.2, 0.25) is 0 Å². The van der Waals surface area contributed by atoms with Crippen LogP contribution in [0.4, 0.5) is 0 Å². The van der Waals surface area contributed by atoms with Gasteiger partial charge in [-0.2, -0.15) is 0 Å². The highest BCUT2D eigenvalue weighted by Crippen LogP contribution is 2.47. The van der Waals surface area contributed by atoms with Crippen LogP contribution in [0.15, 0.2) is 206 Å². The Hall–Kier alpha value is -7.03. The zero-order valence-corrected chi connectivity index (χ0v) is 29.0. The molecule has 0 unspecified atom stereocenters.